The summed E-state index contributed by atoms with van der Waals surface area (Å²) in [6, 6.07) is 8.60. The number of aliphatic hydroxyl groups is 1. The average Bonchev–Trinajstić information content (AvgIpc) is 2.84. The van der Waals surface area contributed by atoms with Crippen LogP contribution in [0.3, 0.4) is 0 Å². The number of benzene rings is 1. The second-order valence-electron chi connectivity index (χ2n) is 5.34. The van der Waals surface area contributed by atoms with Crippen molar-refractivity contribution < 1.29 is 5.11 Å². The van der Waals surface area contributed by atoms with Crippen molar-refractivity contribution in [1.29, 1.82) is 0 Å². The molecule has 2 N–H and O–H groups in total. The highest BCUT2D eigenvalue weighted by Crippen LogP contribution is 2.42. The van der Waals surface area contributed by atoms with Crippen molar-refractivity contribution in [3.05, 3.63) is 29.8 Å². The predicted molar refractivity (Wildman–Crippen MR) is 65.5 cm³/mol. The molecule has 3 rings (SSSR count). The van der Waals surface area contributed by atoms with Crippen LogP contribution in [0, 0.1) is 5.92 Å². The molecule has 1 heterocycles. The van der Waals surface area contributed by atoms with E-state index in [1.807, 2.05) is 0 Å². The van der Waals surface area contributed by atoms with Crippen molar-refractivity contribution in [3.8, 4) is 0 Å². The molecule has 3 unspecified atom stereocenters. The number of hydrogen-bond acceptors (Lipinski definition) is 2. The van der Waals surface area contributed by atoms with E-state index < -0.39 is 5.60 Å². The van der Waals surface area contributed by atoms with Crippen molar-refractivity contribution in [1.82, 2.24) is 0 Å². The molecular formula is C14H19NO. The summed E-state index contributed by atoms with van der Waals surface area (Å²) < 4.78 is 0. The van der Waals surface area contributed by atoms with Crippen molar-refractivity contribution in [2.45, 2.75) is 44.2 Å². The second kappa shape index (κ2) is 3.49. The first kappa shape index (κ1) is 10.2. The Balaban J connectivity index is 1.86. The Kier molecular flexibility index (Phi) is 2.21. The number of rotatable bonds is 1. The van der Waals surface area contributed by atoms with E-state index in [4.69, 9.17) is 0 Å². The molecule has 16 heavy (non-hydrogen) atoms. The standard InChI is InChI=1S/C14H19NO/c1-10-5-4-8-14(10,16)13-9-11-6-2-3-7-12(11)15-13/h2-3,6-7,10,13,15-16H,4-5,8-9H2,1H3. The summed E-state index contributed by atoms with van der Waals surface area (Å²) in [6.45, 7) is 2.18. The molecular weight excluding hydrogens is 198 g/mol. The zero-order valence-corrected chi connectivity index (χ0v) is 9.74. The molecule has 1 aliphatic heterocycles. The first-order chi connectivity index (χ1) is 7.70. The third-order valence-electron chi connectivity index (χ3n) is 4.44. The summed E-state index contributed by atoms with van der Waals surface area (Å²) in [5, 5.41) is 14.3. The number of para-hydroxylation sites is 1. The molecule has 1 aromatic rings. The van der Waals surface area contributed by atoms with E-state index >= 15 is 0 Å². The molecule has 3 atom stereocenters. The fourth-order valence-electron chi connectivity index (χ4n) is 3.30. The molecule has 2 nitrogen and oxygen atoms in total. The highest BCUT2D eigenvalue weighted by Gasteiger charge is 2.46. The summed E-state index contributed by atoms with van der Waals surface area (Å²) in [7, 11) is 0. The van der Waals surface area contributed by atoms with Gasteiger partial charge in [0.05, 0.1) is 11.6 Å². The van der Waals surface area contributed by atoms with Gasteiger partial charge in [0.1, 0.15) is 0 Å². The highest BCUT2D eigenvalue weighted by molar-refractivity contribution is 5.57. The number of nitrogens with one attached hydrogen (secondary N) is 1. The van der Waals surface area contributed by atoms with Gasteiger partial charge >= 0.3 is 0 Å². The first-order valence-electron chi connectivity index (χ1n) is 6.27. The molecule has 1 aliphatic carbocycles. The fraction of sp³-hybridized carbons (Fsp3) is 0.571. The maximum atomic E-state index is 10.8. The first-order valence-corrected chi connectivity index (χ1v) is 6.27. The Morgan fingerprint density at radius 1 is 1.38 bits per heavy atom. The lowest BCUT2D eigenvalue weighted by Gasteiger charge is -2.34. The lowest BCUT2D eigenvalue weighted by Crippen LogP contribution is -2.48. The fourth-order valence-corrected chi connectivity index (χ4v) is 3.30. The van der Waals surface area contributed by atoms with E-state index in [0.29, 0.717) is 5.92 Å². The molecule has 0 saturated heterocycles. The molecule has 0 radical (unpaired) electrons. The molecule has 0 spiro atoms. The monoisotopic (exact) mass is 217 g/mol. The minimum atomic E-state index is -0.501. The Bertz CT molecular complexity index is 378. The summed E-state index contributed by atoms with van der Waals surface area (Å²) in [6.07, 6.45) is 4.23. The lowest BCUT2D eigenvalue weighted by molar-refractivity contribution is -0.00721. The van der Waals surface area contributed by atoms with Gasteiger partial charge in [-0.1, -0.05) is 31.5 Å². The van der Waals surface area contributed by atoms with Gasteiger partial charge in [-0.2, -0.15) is 0 Å². The number of hydrogen-bond donors (Lipinski definition) is 2. The Morgan fingerprint density at radius 2 is 2.19 bits per heavy atom. The van der Waals surface area contributed by atoms with Crippen LogP contribution in [0.2, 0.25) is 0 Å². The van der Waals surface area contributed by atoms with Gasteiger partial charge in [-0.15, -0.1) is 0 Å². The molecule has 0 bridgehead atoms. The summed E-state index contributed by atoms with van der Waals surface area (Å²) >= 11 is 0. The summed E-state index contributed by atoms with van der Waals surface area (Å²) in [4.78, 5) is 0. The van der Waals surface area contributed by atoms with Crippen LogP contribution in [0.5, 0.6) is 0 Å². The third kappa shape index (κ3) is 1.36. The SMILES string of the molecule is CC1CCCC1(O)C1Cc2ccccc2N1. The van der Waals surface area contributed by atoms with Gasteiger partial charge in [-0.05, 0) is 36.8 Å². The molecule has 1 aromatic carbocycles. The zero-order valence-electron chi connectivity index (χ0n) is 9.74. The van der Waals surface area contributed by atoms with Crippen LogP contribution in [0.1, 0.15) is 31.7 Å². The number of fused-ring (bicyclic) bond motifs is 1. The minimum absolute atomic E-state index is 0.211. The van der Waals surface area contributed by atoms with Gasteiger partial charge in [-0.3, -0.25) is 0 Å². The van der Waals surface area contributed by atoms with Crippen LogP contribution in [-0.2, 0) is 6.42 Å². The van der Waals surface area contributed by atoms with Crippen molar-refractivity contribution >= 4 is 5.69 Å². The Labute approximate surface area is 96.7 Å². The van der Waals surface area contributed by atoms with Crippen LogP contribution in [-0.4, -0.2) is 16.7 Å². The molecule has 0 aromatic heterocycles. The Hall–Kier alpha value is -1.02. The molecule has 2 heteroatoms. The van der Waals surface area contributed by atoms with Crippen LogP contribution in [0.4, 0.5) is 5.69 Å². The van der Waals surface area contributed by atoms with Crippen LogP contribution in [0.15, 0.2) is 24.3 Å². The molecule has 1 fully saturated rings. The van der Waals surface area contributed by atoms with Crippen molar-refractivity contribution in [2.75, 3.05) is 5.32 Å². The normalized spacial score (nSPS) is 37.1. The Morgan fingerprint density at radius 3 is 2.88 bits per heavy atom. The molecule has 2 aliphatic rings. The summed E-state index contributed by atoms with van der Waals surface area (Å²) in [5.41, 5.74) is 2.05. The van der Waals surface area contributed by atoms with Crippen molar-refractivity contribution in [3.63, 3.8) is 0 Å². The van der Waals surface area contributed by atoms with Gasteiger partial charge in [-0.25, -0.2) is 0 Å². The number of anilines is 1. The van der Waals surface area contributed by atoms with Crippen LogP contribution in [0.25, 0.3) is 0 Å². The second-order valence-corrected chi connectivity index (χ2v) is 5.34. The quantitative estimate of drug-likeness (QED) is 0.757. The third-order valence-corrected chi connectivity index (χ3v) is 4.44. The van der Waals surface area contributed by atoms with Gasteiger partial charge < -0.3 is 10.4 Å². The zero-order chi connectivity index (χ0) is 11.2. The van der Waals surface area contributed by atoms with E-state index in [1.165, 1.54) is 11.3 Å². The van der Waals surface area contributed by atoms with Crippen LogP contribution >= 0.6 is 0 Å². The largest absolute Gasteiger partial charge is 0.387 e. The maximum absolute atomic E-state index is 10.8. The molecule has 0 amide bonds. The van der Waals surface area contributed by atoms with Crippen LogP contribution < -0.4 is 5.32 Å². The average molecular weight is 217 g/mol. The van der Waals surface area contributed by atoms with E-state index in [9.17, 15) is 5.11 Å². The van der Waals surface area contributed by atoms with Gasteiger partial charge in [0.2, 0.25) is 0 Å². The van der Waals surface area contributed by atoms with Gasteiger partial charge in [0.15, 0.2) is 0 Å². The molecule has 86 valence electrons. The van der Waals surface area contributed by atoms with Gasteiger partial charge in [0, 0.05) is 5.69 Å². The lowest BCUT2D eigenvalue weighted by atomic mass is 9.83. The smallest absolute Gasteiger partial charge is 0.0876 e. The molecule has 1 saturated carbocycles. The minimum Gasteiger partial charge on any atom is -0.387 e. The maximum Gasteiger partial charge on any atom is 0.0876 e. The van der Waals surface area contributed by atoms with E-state index in [2.05, 4.69) is 36.5 Å². The van der Waals surface area contributed by atoms with Gasteiger partial charge in [0.25, 0.3) is 0 Å². The van der Waals surface area contributed by atoms with Crippen molar-refractivity contribution in [2.24, 2.45) is 5.92 Å². The van der Waals surface area contributed by atoms with E-state index in [0.717, 1.165) is 25.7 Å². The summed E-state index contributed by atoms with van der Waals surface area (Å²) in [5.74, 6) is 0.416. The topological polar surface area (TPSA) is 32.3 Å². The predicted octanol–water partition coefficient (Wildman–Crippen LogP) is 2.57. The highest BCUT2D eigenvalue weighted by atomic mass is 16.3. The van der Waals surface area contributed by atoms with E-state index in [-0.39, 0.29) is 6.04 Å². The van der Waals surface area contributed by atoms with E-state index in [1.54, 1.807) is 0 Å².